The zero-order valence-electron chi connectivity index (χ0n) is 9.74. The highest BCUT2D eigenvalue weighted by molar-refractivity contribution is 5.56. The Bertz CT molecular complexity index is 179. The van der Waals surface area contributed by atoms with Crippen LogP contribution >= 0.6 is 0 Å². The van der Waals surface area contributed by atoms with Crippen molar-refractivity contribution in [2.24, 2.45) is 5.10 Å². The average molecular weight is 197 g/mol. The molecule has 0 saturated carbocycles. The van der Waals surface area contributed by atoms with E-state index in [1.54, 1.807) is 0 Å². The Kier molecular flexibility index (Phi) is 4.77. The molecule has 1 aliphatic rings. The average Bonchev–Trinajstić information content (AvgIpc) is 2.58. The lowest BCUT2D eigenvalue weighted by Gasteiger charge is -2.29. The zero-order valence-corrected chi connectivity index (χ0v) is 9.74. The third-order valence-electron chi connectivity index (χ3n) is 2.73. The van der Waals surface area contributed by atoms with Crippen LogP contribution in [0.2, 0.25) is 0 Å². The van der Waals surface area contributed by atoms with Gasteiger partial charge in [-0.2, -0.15) is 5.10 Å². The molecule has 0 aromatic heterocycles. The predicted octanol–water partition coefficient (Wildman–Crippen LogP) is 2.49. The van der Waals surface area contributed by atoms with E-state index in [1.807, 2.05) is 6.34 Å². The van der Waals surface area contributed by atoms with Crippen molar-refractivity contribution < 1.29 is 0 Å². The van der Waals surface area contributed by atoms with Gasteiger partial charge in [-0.3, -0.25) is 5.01 Å². The molecule has 1 unspecified atom stereocenters. The van der Waals surface area contributed by atoms with Crippen molar-refractivity contribution in [1.82, 2.24) is 9.91 Å². The van der Waals surface area contributed by atoms with Gasteiger partial charge < -0.3 is 4.90 Å². The summed E-state index contributed by atoms with van der Waals surface area (Å²) in [6.45, 7) is 8.83. The molecule has 0 spiro atoms. The Labute approximate surface area is 87.8 Å². The van der Waals surface area contributed by atoms with Gasteiger partial charge in [0.25, 0.3) is 0 Å². The topological polar surface area (TPSA) is 18.8 Å². The molecule has 0 saturated heterocycles. The van der Waals surface area contributed by atoms with E-state index in [0.717, 1.165) is 13.1 Å². The molecule has 14 heavy (non-hydrogen) atoms. The van der Waals surface area contributed by atoms with Gasteiger partial charge in [0.2, 0.25) is 0 Å². The Morgan fingerprint density at radius 3 is 2.57 bits per heavy atom. The molecule has 0 N–H and O–H groups in total. The van der Waals surface area contributed by atoms with E-state index < -0.39 is 0 Å². The molecule has 0 aromatic carbocycles. The van der Waals surface area contributed by atoms with Crippen LogP contribution in [0.5, 0.6) is 0 Å². The summed E-state index contributed by atoms with van der Waals surface area (Å²) in [5.74, 6) is 0. The molecule has 1 atom stereocenters. The monoisotopic (exact) mass is 197 g/mol. The molecule has 0 aliphatic carbocycles. The first kappa shape index (κ1) is 11.3. The summed E-state index contributed by atoms with van der Waals surface area (Å²) >= 11 is 0. The van der Waals surface area contributed by atoms with Crippen LogP contribution in [0.4, 0.5) is 0 Å². The molecule has 1 aliphatic heterocycles. The molecule has 1 heterocycles. The van der Waals surface area contributed by atoms with Crippen LogP contribution in [0.25, 0.3) is 0 Å². The number of nitrogens with zero attached hydrogens (tertiary/aromatic N) is 3. The van der Waals surface area contributed by atoms with Gasteiger partial charge in [-0.25, -0.2) is 0 Å². The maximum atomic E-state index is 4.46. The maximum Gasteiger partial charge on any atom is 0.119 e. The van der Waals surface area contributed by atoms with Crippen LogP contribution in [0.3, 0.4) is 0 Å². The first-order valence-electron chi connectivity index (χ1n) is 5.89. The predicted molar refractivity (Wildman–Crippen MR) is 61.2 cm³/mol. The highest BCUT2D eigenvalue weighted by Crippen LogP contribution is 2.17. The van der Waals surface area contributed by atoms with Gasteiger partial charge in [0.15, 0.2) is 0 Å². The maximum absolute atomic E-state index is 4.46. The van der Waals surface area contributed by atoms with Crippen LogP contribution in [0, 0.1) is 0 Å². The minimum Gasteiger partial charge on any atom is -0.340 e. The van der Waals surface area contributed by atoms with E-state index in [2.05, 4.69) is 35.8 Å². The molecule has 0 radical (unpaired) electrons. The first-order chi connectivity index (χ1) is 6.83. The van der Waals surface area contributed by atoms with E-state index in [9.17, 15) is 0 Å². The zero-order chi connectivity index (χ0) is 10.4. The summed E-state index contributed by atoms with van der Waals surface area (Å²) < 4.78 is 0. The molecule has 0 amide bonds. The van der Waals surface area contributed by atoms with Gasteiger partial charge in [-0.05, 0) is 19.8 Å². The summed E-state index contributed by atoms with van der Waals surface area (Å²) in [5, 5.41) is 6.71. The van der Waals surface area contributed by atoms with Crippen molar-refractivity contribution in [1.29, 1.82) is 0 Å². The largest absolute Gasteiger partial charge is 0.340 e. The Morgan fingerprint density at radius 2 is 2.00 bits per heavy atom. The highest BCUT2D eigenvalue weighted by Gasteiger charge is 2.24. The molecular formula is C11H23N3. The molecule has 1 rings (SSSR count). The van der Waals surface area contributed by atoms with Crippen LogP contribution in [0.15, 0.2) is 5.10 Å². The van der Waals surface area contributed by atoms with E-state index >= 15 is 0 Å². The lowest BCUT2D eigenvalue weighted by Crippen LogP contribution is -2.39. The second kappa shape index (κ2) is 5.89. The lowest BCUT2D eigenvalue weighted by atomic mass is 10.2. The molecule has 0 bridgehead atoms. The SMILES string of the molecule is CCCCN1N=CN(CC)C1CCC. The first-order valence-corrected chi connectivity index (χ1v) is 5.89. The van der Waals surface area contributed by atoms with Crippen molar-refractivity contribution >= 4 is 6.34 Å². The Balaban J connectivity index is 2.44. The number of unbranched alkanes of at least 4 members (excludes halogenated alkanes) is 1. The summed E-state index contributed by atoms with van der Waals surface area (Å²) in [6, 6.07) is 0. The van der Waals surface area contributed by atoms with Crippen LogP contribution < -0.4 is 0 Å². The van der Waals surface area contributed by atoms with Gasteiger partial charge in [0.1, 0.15) is 12.5 Å². The number of hydrogen-bond acceptors (Lipinski definition) is 3. The van der Waals surface area contributed by atoms with Crippen molar-refractivity contribution in [3.63, 3.8) is 0 Å². The molecule has 0 fully saturated rings. The number of hydrogen-bond donors (Lipinski definition) is 0. The second-order valence-electron chi connectivity index (χ2n) is 3.85. The van der Waals surface area contributed by atoms with Crippen LogP contribution in [-0.4, -0.2) is 35.5 Å². The summed E-state index contributed by atoms with van der Waals surface area (Å²) in [6.07, 6.45) is 7.46. The minimum atomic E-state index is 0.525. The molecule has 0 aromatic rings. The fourth-order valence-corrected chi connectivity index (χ4v) is 1.85. The van der Waals surface area contributed by atoms with Crippen LogP contribution in [0.1, 0.15) is 46.5 Å². The van der Waals surface area contributed by atoms with Crippen LogP contribution in [-0.2, 0) is 0 Å². The molecular weight excluding hydrogens is 174 g/mol. The lowest BCUT2D eigenvalue weighted by molar-refractivity contribution is 0.123. The third kappa shape index (κ3) is 2.63. The van der Waals surface area contributed by atoms with Crippen molar-refractivity contribution in [2.45, 2.75) is 52.6 Å². The van der Waals surface area contributed by atoms with Gasteiger partial charge in [0, 0.05) is 13.1 Å². The van der Waals surface area contributed by atoms with Gasteiger partial charge in [-0.1, -0.05) is 26.7 Å². The second-order valence-corrected chi connectivity index (χ2v) is 3.85. The molecule has 82 valence electrons. The fraction of sp³-hybridized carbons (Fsp3) is 0.909. The summed E-state index contributed by atoms with van der Waals surface area (Å²) in [4.78, 5) is 2.33. The Hall–Kier alpha value is -0.730. The summed E-state index contributed by atoms with van der Waals surface area (Å²) in [7, 11) is 0. The van der Waals surface area contributed by atoms with Crippen molar-refractivity contribution in [3.05, 3.63) is 0 Å². The molecule has 3 nitrogen and oxygen atoms in total. The number of rotatable bonds is 6. The highest BCUT2D eigenvalue weighted by atomic mass is 15.6. The van der Waals surface area contributed by atoms with Crippen molar-refractivity contribution in [2.75, 3.05) is 13.1 Å². The summed E-state index contributed by atoms with van der Waals surface area (Å²) in [5.41, 5.74) is 0. The Morgan fingerprint density at radius 1 is 1.21 bits per heavy atom. The van der Waals surface area contributed by atoms with E-state index in [-0.39, 0.29) is 0 Å². The minimum absolute atomic E-state index is 0.525. The smallest absolute Gasteiger partial charge is 0.119 e. The van der Waals surface area contributed by atoms with Gasteiger partial charge in [-0.15, -0.1) is 0 Å². The fourth-order valence-electron chi connectivity index (χ4n) is 1.85. The van der Waals surface area contributed by atoms with Gasteiger partial charge in [0.05, 0.1) is 0 Å². The number of hydrazone groups is 1. The molecule has 3 heteroatoms. The van der Waals surface area contributed by atoms with Gasteiger partial charge >= 0.3 is 0 Å². The van der Waals surface area contributed by atoms with E-state index in [4.69, 9.17) is 0 Å². The van der Waals surface area contributed by atoms with Crippen molar-refractivity contribution in [3.8, 4) is 0 Å². The normalized spacial score (nSPS) is 20.9. The third-order valence-corrected chi connectivity index (χ3v) is 2.73. The van der Waals surface area contributed by atoms with E-state index in [0.29, 0.717) is 6.17 Å². The van der Waals surface area contributed by atoms with E-state index in [1.165, 1.54) is 25.7 Å². The quantitative estimate of drug-likeness (QED) is 0.651. The standard InChI is InChI=1S/C11H23N3/c1-4-7-9-14-11(8-5-2)13(6-3)10-12-14/h10-11H,4-9H2,1-3H3.